The number of nitrogens with one attached hydrogen (secondary N) is 1. The Morgan fingerprint density at radius 3 is 2.60 bits per heavy atom. The molecule has 0 saturated heterocycles. The van der Waals surface area contributed by atoms with Crippen molar-refractivity contribution in [2.24, 2.45) is 7.05 Å². The maximum Gasteiger partial charge on any atom is 0.0633 e. The first kappa shape index (κ1) is 16.5. The molecule has 2 aromatic carbocycles. The highest BCUT2D eigenvalue weighted by Crippen LogP contribution is 2.39. The van der Waals surface area contributed by atoms with Gasteiger partial charge >= 0.3 is 0 Å². The Hall–Kier alpha value is -1.92. The summed E-state index contributed by atoms with van der Waals surface area (Å²) in [7, 11) is 2.06. The quantitative estimate of drug-likeness (QED) is 0.515. The van der Waals surface area contributed by atoms with Gasteiger partial charge in [-0.25, -0.2) is 0 Å². The molecule has 0 unspecified atom stereocenters. The van der Waals surface area contributed by atoms with Gasteiger partial charge in [-0.2, -0.15) is 0 Å². The Morgan fingerprint density at radius 2 is 1.84 bits per heavy atom. The number of thiophene rings is 1. The normalized spacial score (nSPS) is 12.6. The van der Waals surface area contributed by atoms with Gasteiger partial charge in [-0.15, -0.1) is 11.3 Å². The molecule has 0 atom stereocenters. The number of hydrogen-bond donors (Lipinski definition) is 3. The van der Waals surface area contributed by atoms with Crippen LogP contribution in [-0.2, 0) is 13.6 Å². The molecule has 3 N–H and O–H groups in total. The van der Waals surface area contributed by atoms with Crippen molar-refractivity contribution in [3.05, 3.63) is 48.2 Å². The third kappa shape index (κ3) is 2.64. The lowest BCUT2D eigenvalue weighted by atomic mass is 10.0. The molecule has 25 heavy (non-hydrogen) atoms. The summed E-state index contributed by atoms with van der Waals surface area (Å²) in [6.45, 7) is 2.22. The van der Waals surface area contributed by atoms with Crippen LogP contribution < -0.4 is 5.32 Å². The van der Waals surface area contributed by atoms with Crippen molar-refractivity contribution in [1.82, 2.24) is 9.88 Å². The van der Waals surface area contributed by atoms with Gasteiger partial charge < -0.3 is 20.1 Å². The molecule has 0 amide bonds. The highest BCUT2D eigenvalue weighted by atomic mass is 32.1. The van der Waals surface area contributed by atoms with E-state index in [1.54, 1.807) is 0 Å². The van der Waals surface area contributed by atoms with E-state index in [2.05, 4.69) is 59.5 Å². The van der Waals surface area contributed by atoms with Crippen LogP contribution in [0.3, 0.4) is 0 Å². The molecule has 0 aliphatic rings. The zero-order chi connectivity index (χ0) is 17.6. The summed E-state index contributed by atoms with van der Waals surface area (Å²) in [6, 6.07) is 12.9. The van der Waals surface area contributed by atoms with Crippen LogP contribution >= 0.6 is 11.3 Å². The van der Waals surface area contributed by atoms with Gasteiger partial charge in [0.15, 0.2) is 0 Å². The van der Waals surface area contributed by atoms with E-state index < -0.39 is 5.54 Å². The molecule has 0 aliphatic heterocycles. The van der Waals surface area contributed by atoms with Gasteiger partial charge in [-0.3, -0.25) is 0 Å². The molecule has 0 spiro atoms. The first-order valence-corrected chi connectivity index (χ1v) is 9.23. The van der Waals surface area contributed by atoms with E-state index in [0.29, 0.717) is 6.54 Å². The Kier molecular flexibility index (Phi) is 4.04. The molecule has 0 radical (unpaired) electrons. The molecule has 2 aromatic heterocycles. The number of rotatable bonds is 5. The first-order chi connectivity index (χ1) is 12.1. The second kappa shape index (κ2) is 6.11. The number of fused-ring (bicyclic) bond motifs is 5. The Labute approximate surface area is 150 Å². The van der Waals surface area contributed by atoms with Crippen LogP contribution in [0.5, 0.6) is 0 Å². The predicted molar refractivity (Wildman–Crippen MR) is 105 cm³/mol. The van der Waals surface area contributed by atoms with Gasteiger partial charge in [0.2, 0.25) is 0 Å². The summed E-state index contributed by atoms with van der Waals surface area (Å²) in [4.78, 5) is 0. The minimum absolute atomic E-state index is 0.105. The third-order valence-corrected chi connectivity index (χ3v) is 6.18. The fourth-order valence-corrected chi connectivity index (χ4v) is 4.64. The number of hydrogen-bond acceptors (Lipinski definition) is 4. The number of aromatic nitrogens is 1. The van der Waals surface area contributed by atoms with Crippen molar-refractivity contribution in [3.63, 3.8) is 0 Å². The monoisotopic (exact) mass is 354 g/mol. The molecule has 4 rings (SSSR count). The lowest BCUT2D eigenvalue weighted by Gasteiger charge is -2.26. The Balaban J connectivity index is 1.89. The summed E-state index contributed by atoms with van der Waals surface area (Å²) in [5, 5.41) is 26.2. The molecule has 4 nitrogen and oxygen atoms in total. The number of aliphatic hydroxyl groups excluding tert-OH is 2. The summed E-state index contributed by atoms with van der Waals surface area (Å²) >= 11 is 1.82. The van der Waals surface area contributed by atoms with E-state index in [9.17, 15) is 10.2 Å². The van der Waals surface area contributed by atoms with Crippen molar-refractivity contribution < 1.29 is 10.2 Å². The van der Waals surface area contributed by atoms with Crippen molar-refractivity contribution in [2.75, 3.05) is 13.2 Å². The molecule has 2 heterocycles. The van der Waals surface area contributed by atoms with Crippen molar-refractivity contribution >= 4 is 42.4 Å². The van der Waals surface area contributed by atoms with Crippen molar-refractivity contribution in [1.29, 1.82) is 0 Å². The molecule has 4 aromatic rings. The number of aliphatic hydroxyl groups is 2. The van der Waals surface area contributed by atoms with Crippen LogP contribution in [-0.4, -0.2) is 33.5 Å². The highest BCUT2D eigenvalue weighted by Gasteiger charge is 2.22. The van der Waals surface area contributed by atoms with E-state index in [1.165, 1.54) is 36.6 Å². The predicted octanol–water partition coefficient (Wildman–Crippen LogP) is 3.38. The van der Waals surface area contributed by atoms with Gasteiger partial charge in [0.05, 0.1) is 18.8 Å². The van der Waals surface area contributed by atoms with Crippen LogP contribution in [0.1, 0.15) is 12.5 Å². The van der Waals surface area contributed by atoms with E-state index in [4.69, 9.17) is 0 Å². The van der Waals surface area contributed by atoms with Crippen molar-refractivity contribution in [3.8, 4) is 0 Å². The van der Waals surface area contributed by atoms with Crippen LogP contribution in [0.15, 0.2) is 42.6 Å². The average Bonchev–Trinajstić information content (AvgIpc) is 3.17. The second-order valence-corrected chi connectivity index (χ2v) is 7.98. The summed E-state index contributed by atoms with van der Waals surface area (Å²) < 4.78 is 4.74. The van der Waals surface area contributed by atoms with Gasteiger partial charge in [0.1, 0.15) is 0 Å². The molecular weight excluding hydrogens is 332 g/mol. The van der Waals surface area contributed by atoms with Gasteiger partial charge in [0.25, 0.3) is 0 Å². The van der Waals surface area contributed by atoms with Gasteiger partial charge in [0, 0.05) is 50.9 Å². The van der Waals surface area contributed by atoms with E-state index in [1.807, 2.05) is 18.3 Å². The topological polar surface area (TPSA) is 57.4 Å². The molecule has 5 heteroatoms. The molecule has 0 aliphatic carbocycles. The van der Waals surface area contributed by atoms with Crippen LogP contribution in [0.2, 0.25) is 0 Å². The molecular formula is C20H22N2O2S. The van der Waals surface area contributed by atoms with E-state index in [-0.39, 0.29) is 13.2 Å². The van der Waals surface area contributed by atoms with E-state index in [0.717, 1.165) is 0 Å². The standard InChI is InChI=1S/C20H22N2O2S/c1-20(11-23,12-24)21-9-13-10-22(2)16-8-7-15-14-5-3-4-6-17(14)25-19(15)18(13)16/h3-8,10,21,23-24H,9,11-12H2,1-2H3. The minimum Gasteiger partial charge on any atom is -0.394 e. The fraction of sp³-hybridized carbons (Fsp3) is 0.300. The Bertz CT molecular complexity index is 1060. The largest absolute Gasteiger partial charge is 0.394 e. The highest BCUT2D eigenvalue weighted by molar-refractivity contribution is 7.26. The third-order valence-electron chi connectivity index (χ3n) is 4.98. The molecule has 0 fully saturated rings. The maximum absolute atomic E-state index is 9.52. The molecule has 130 valence electrons. The van der Waals surface area contributed by atoms with Crippen molar-refractivity contribution in [2.45, 2.75) is 19.0 Å². The molecule has 0 saturated carbocycles. The zero-order valence-electron chi connectivity index (χ0n) is 14.4. The van der Waals surface area contributed by atoms with E-state index >= 15 is 0 Å². The SMILES string of the molecule is Cn1cc(CNC(C)(CO)CO)c2c3sc4ccccc4c3ccc21. The van der Waals surface area contributed by atoms with Gasteiger partial charge in [-0.1, -0.05) is 24.3 Å². The summed E-state index contributed by atoms with van der Waals surface area (Å²) in [5.74, 6) is 0. The van der Waals surface area contributed by atoms with Crippen LogP contribution in [0.4, 0.5) is 0 Å². The lowest BCUT2D eigenvalue weighted by molar-refractivity contribution is 0.103. The second-order valence-electron chi connectivity index (χ2n) is 6.93. The first-order valence-electron chi connectivity index (χ1n) is 8.41. The van der Waals surface area contributed by atoms with Crippen LogP contribution in [0, 0.1) is 0 Å². The molecule has 0 bridgehead atoms. The van der Waals surface area contributed by atoms with Crippen LogP contribution in [0.25, 0.3) is 31.1 Å². The smallest absolute Gasteiger partial charge is 0.0633 e. The fourth-order valence-electron chi connectivity index (χ4n) is 3.36. The number of benzene rings is 2. The Morgan fingerprint density at radius 1 is 1.08 bits per heavy atom. The summed E-state index contributed by atoms with van der Waals surface area (Å²) in [6.07, 6.45) is 2.14. The van der Waals surface area contributed by atoms with Gasteiger partial charge in [-0.05, 0) is 24.6 Å². The zero-order valence-corrected chi connectivity index (χ0v) is 15.2. The minimum atomic E-state index is -0.684. The summed E-state index contributed by atoms with van der Waals surface area (Å²) in [5.41, 5.74) is 1.70. The number of aryl methyl sites for hydroxylation is 1. The lowest BCUT2D eigenvalue weighted by Crippen LogP contribution is -2.48. The maximum atomic E-state index is 9.52. The number of nitrogens with zero attached hydrogens (tertiary/aromatic N) is 1. The average molecular weight is 354 g/mol.